The van der Waals surface area contributed by atoms with Gasteiger partial charge < -0.3 is 24.8 Å². The third-order valence-electron chi connectivity index (χ3n) is 4.36. The number of nitrogens with one attached hydrogen (secondary N) is 2. The SMILES string of the molecule is CCCCOc1ccc(C(=O)OC(C)C(=O)Nc2ccc(NC(C)=O)cc2)cc1OCC. The minimum Gasteiger partial charge on any atom is -0.490 e. The van der Waals surface area contributed by atoms with Crippen LogP contribution in [0.2, 0.25) is 0 Å². The summed E-state index contributed by atoms with van der Waals surface area (Å²) in [5.41, 5.74) is 1.39. The van der Waals surface area contributed by atoms with E-state index in [0.29, 0.717) is 36.1 Å². The van der Waals surface area contributed by atoms with Crippen LogP contribution >= 0.6 is 0 Å². The molecule has 1 unspecified atom stereocenters. The minimum atomic E-state index is -1.02. The first-order chi connectivity index (χ1) is 15.3. The lowest BCUT2D eigenvalue weighted by atomic mass is 10.2. The molecule has 172 valence electrons. The zero-order valence-corrected chi connectivity index (χ0v) is 18.9. The first kappa shape index (κ1) is 24.7. The third-order valence-corrected chi connectivity index (χ3v) is 4.36. The summed E-state index contributed by atoms with van der Waals surface area (Å²) in [7, 11) is 0. The van der Waals surface area contributed by atoms with Crippen LogP contribution in [-0.2, 0) is 14.3 Å². The van der Waals surface area contributed by atoms with E-state index in [1.165, 1.54) is 13.8 Å². The molecule has 2 rings (SSSR count). The van der Waals surface area contributed by atoms with E-state index in [0.717, 1.165) is 12.8 Å². The molecule has 0 heterocycles. The Balaban J connectivity index is 1.98. The number of rotatable bonds is 11. The van der Waals surface area contributed by atoms with Crippen molar-refractivity contribution in [2.24, 2.45) is 0 Å². The molecule has 8 heteroatoms. The Bertz CT molecular complexity index is 927. The van der Waals surface area contributed by atoms with Crippen LogP contribution in [0.5, 0.6) is 11.5 Å². The maximum absolute atomic E-state index is 12.5. The first-order valence-corrected chi connectivity index (χ1v) is 10.6. The second-order valence-corrected chi connectivity index (χ2v) is 7.09. The molecule has 0 spiro atoms. The summed E-state index contributed by atoms with van der Waals surface area (Å²) >= 11 is 0. The van der Waals surface area contributed by atoms with Gasteiger partial charge in [-0.1, -0.05) is 13.3 Å². The standard InChI is InChI=1S/C24H30N2O6/c1-5-7-14-31-21-13-8-18(15-22(21)30-6-2)24(29)32-16(3)23(28)26-20-11-9-19(10-12-20)25-17(4)27/h8-13,15-16H,5-7,14H2,1-4H3,(H,25,27)(H,26,28). The summed E-state index contributed by atoms with van der Waals surface area (Å²) < 4.78 is 16.6. The highest BCUT2D eigenvalue weighted by molar-refractivity contribution is 5.98. The Morgan fingerprint density at radius 2 is 1.56 bits per heavy atom. The van der Waals surface area contributed by atoms with Crippen LogP contribution < -0.4 is 20.1 Å². The Hall–Kier alpha value is -3.55. The predicted molar refractivity (Wildman–Crippen MR) is 122 cm³/mol. The van der Waals surface area contributed by atoms with E-state index in [9.17, 15) is 14.4 Å². The van der Waals surface area contributed by atoms with Gasteiger partial charge in [-0.15, -0.1) is 0 Å². The molecule has 1 atom stereocenters. The Labute approximate surface area is 188 Å². The average molecular weight is 443 g/mol. The average Bonchev–Trinajstić information content (AvgIpc) is 2.76. The highest BCUT2D eigenvalue weighted by Gasteiger charge is 2.20. The third kappa shape index (κ3) is 7.61. The predicted octanol–water partition coefficient (Wildman–Crippen LogP) is 4.41. The van der Waals surface area contributed by atoms with E-state index in [1.807, 2.05) is 6.92 Å². The summed E-state index contributed by atoms with van der Waals surface area (Å²) in [4.78, 5) is 36.0. The van der Waals surface area contributed by atoms with Crippen LogP contribution in [0, 0.1) is 0 Å². The second kappa shape index (κ2) is 12.3. The summed E-state index contributed by atoms with van der Waals surface area (Å²) in [5, 5.41) is 5.32. The van der Waals surface area contributed by atoms with Crippen molar-refractivity contribution in [3.8, 4) is 11.5 Å². The van der Waals surface area contributed by atoms with Gasteiger partial charge in [0.15, 0.2) is 17.6 Å². The van der Waals surface area contributed by atoms with E-state index in [-0.39, 0.29) is 11.5 Å². The van der Waals surface area contributed by atoms with Crippen molar-refractivity contribution in [1.29, 1.82) is 0 Å². The summed E-state index contributed by atoms with van der Waals surface area (Å²) in [6, 6.07) is 11.4. The van der Waals surface area contributed by atoms with E-state index < -0.39 is 18.0 Å². The van der Waals surface area contributed by atoms with Gasteiger partial charge in [-0.3, -0.25) is 9.59 Å². The van der Waals surface area contributed by atoms with Crippen LogP contribution in [0.3, 0.4) is 0 Å². The number of esters is 1. The van der Waals surface area contributed by atoms with E-state index in [1.54, 1.807) is 42.5 Å². The molecular formula is C24H30N2O6. The van der Waals surface area contributed by atoms with Crippen molar-refractivity contribution in [3.63, 3.8) is 0 Å². The van der Waals surface area contributed by atoms with Crippen LogP contribution in [0.1, 0.15) is 50.9 Å². The van der Waals surface area contributed by atoms with Crippen molar-refractivity contribution < 1.29 is 28.6 Å². The highest BCUT2D eigenvalue weighted by Crippen LogP contribution is 2.29. The molecule has 0 aliphatic carbocycles. The number of carbonyl (C=O) groups is 3. The van der Waals surface area contributed by atoms with Gasteiger partial charge in [0.05, 0.1) is 18.8 Å². The number of unbranched alkanes of at least 4 members (excludes halogenated alkanes) is 1. The fraction of sp³-hybridized carbons (Fsp3) is 0.375. The lowest BCUT2D eigenvalue weighted by Gasteiger charge is -2.15. The molecule has 0 aliphatic heterocycles. The van der Waals surface area contributed by atoms with Gasteiger partial charge in [0, 0.05) is 18.3 Å². The number of hydrogen-bond donors (Lipinski definition) is 2. The molecule has 0 bridgehead atoms. The van der Waals surface area contributed by atoms with Crippen molar-refractivity contribution >= 4 is 29.2 Å². The lowest BCUT2D eigenvalue weighted by Crippen LogP contribution is -2.30. The van der Waals surface area contributed by atoms with Crippen LogP contribution in [0.15, 0.2) is 42.5 Å². The molecule has 0 radical (unpaired) electrons. The molecule has 0 saturated carbocycles. The Morgan fingerprint density at radius 3 is 2.16 bits per heavy atom. The molecule has 0 saturated heterocycles. The number of benzene rings is 2. The second-order valence-electron chi connectivity index (χ2n) is 7.09. The highest BCUT2D eigenvalue weighted by atomic mass is 16.5. The molecule has 2 aromatic rings. The van der Waals surface area contributed by atoms with Gasteiger partial charge in [-0.2, -0.15) is 0 Å². The summed E-state index contributed by atoms with van der Waals surface area (Å²) in [6.07, 6.45) is 0.902. The Kier molecular flexibility index (Phi) is 9.53. The normalized spacial score (nSPS) is 11.2. The zero-order valence-electron chi connectivity index (χ0n) is 18.9. The first-order valence-electron chi connectivity index (χ1n) is 10.6. The Morgan fingerprint density at radius 1 is 0.906 bits per heavy atom. The smallest absolute Gasteiger partial charge is 0.339 e. The summed E-state index contributed by atoms with van der Waals surface area (Å²) in [5.74, 6) is -0.292. The largest absolute Gasteiger partial charge is 0.490 e. The van der Waals surface area contributed by atoms with Crippen molar-refractivity contribution in [3.05, 3.63) is 48.0 Å². The van der Waals surface area contributed by atoms with Gasteiger partial charge in [0.25, 0.3) is 5.91 Å². The maximum atomic E-state index is 12.5. The van der Waals surface area contributed by atoms with Crippen LogP contribution in [0.4, 0.5) is 11.4 Å². The van der Waals surface area contributed by atoms with Gasteiger partial charge in [-0.25, -0.2) is 4.79 Å². The van der Waals surface area contributed by atoms with E-state index in [4.69, 9.17) is 14.2 Å². The number of ether oxygens (including phenoxy) is 3. The molecule has 2 aromatic carbocycles. The number of anilines is 2. The zero-order chi connectivity index (χ0) is 23.5. The fourth-order valence-corrected chi connectivity index (χ4v) is 2.72. The van der Waals surface area contributed by atoms with Crippen LogP contribution in [-0.4, -0.2) is 37.1 Å². The van der Waals surface area contributed by atoms with E-state index >= 15 is 0 Å². The molecule has 32 heavy (non-hydrogen) atoms. The molecule has 0 fully saturated rings. The topological polar surface area (TPSA) is 103 Å². The van der Waals surface area contributed by atoms with Crippen LogP contribution in [0.25, 0.3) is 0 Å². The minimum absolute atomic E-state index is 0.185. The quantitative estimate of drug-likeness (QED) is 0.395. The van der Waals surface area contributed by atoms with Gasteiger partial charge in [0.2, 0.25) is 5.91 Å². The van der Waals surface area contributed by atoms with Gasteiger partial charge in [0.1, 0.15) is 0 Å². The molecule has 2 amide bonds. The molecule has 2 N–H and O–H groups in total. The number of hydrogen-bond acceptors (Lipinski definition) is 6. The van der Waals surface area contributed by atoms with Crippen molar-refractivity contribution in [2.75, 3.05) is 23.8 Å². The van der Waals surface area contributed by atoms with Gasteiger partial charge >= 0.3 is 5.97 Å². The molecule has 0 aliphatic rings. The monoisotopic (exact) mass is 442 g/mol. The number of amides is 2. The molecular weight excluding hydrogens is 412 g/mol. The van der Waals surface area contributed by atoms with Crippen molar-refractivity contribution in [1.82, 2.24) is 0 Å². The molecule has 8 nitrogen and oxygen atoms in total. The van der Waals surface area contributed by atoms with E-state index in [2.05, 4.69) is 17.6 Å². The van der Waals surface area contributed by atoms with Crippen molar-refractivity contribution in [2.45, 2.75) is 46.6 Å². The lowest BCUT2D eigenvalue weighted by molar-refractivity contribution is -0.123. The summed E-state index contributed by atoms with van der Waals surface area (Å²) in [6.45, 7) is 7.80. The van der Waals surface area contributed by atoms with Gasteiger partial charge in [-0.05, 0) is 62.7 Å². The molecule has 0 aromatic heterocycles. The number of carbonyl (C=O) groups excluding carboxylic acids is 3. The maximum Gasteiger partial charge on any atom is 0.339 e. The fourth-order valence-electron chi connectivity index (χ4n) is 2.72.